The van der Waals surface area contributed by atoms with Gasteiger partial charge in [-0.05, 0) is 44.9 Å². The minimum Gasteiger partial charge on any atom is -0.387 e. The van der Waals surface area contributed by atoms with Crippen molar-refractivity contribution in [1.82, 2.24) is 5.32 Å². The van der Waals surface area contributed by atoms with E-state index in [0.29, 0.717) is 6.42 Å². The third-order valence-corrected chi connectivity index (χ3v) is 9.01. The van der Waals surface area contributed by atoms with Crippen LogP contribution in [0.5, 0.6) is 0 Å². The molecule has 3 atom stereocenters. The fourth-order valence-electron chi connectivity index (χ4n) is 5.39. The van der Waals surface area contributed by atoms with Crippen molar-refractivity contribution in [2.24, 2.45) is 0 Å². The topological polar surface area (TPSA) is 124 Å². The number of carbonyl (C=O) groups excluding carboxylic acids is 1. The van der Waals surface area contributed by atoms with Gasteiger partial charge in [-0.2, -0.15) is 8.42 Å². The van der Waals surface area contributed by atoms with Crippen molar-refractivity contribution in [2.75, 3.05) is 5.75 Å². The quantitative estimate of drug-likeness (QED) is 0.0329. The van der Waals surface area contributed by atoms with Crippen LogP contribution >= 0.6 is 0 Å². The summed E-state index contributed by atoms with van der Waals surface area (Å²) in [6, 6.07) is -1.23. The molecule has 7 nitrogen and oxygen atoms in total. The van der Waals surface area contributed by atoms with Gasteiger partial charge in [-0.3, -0.25) is 9.35 Å². The smallest absolute Gasteiger partial charge is 0.267 e. The number of allylic oxidation sites excluding steroid dienone is 3. The summed E-state index contributed by atoms with van der Waals surface area (Å²) in [6.07, 6.45) is 34.4. The van der Waals surface area contributed by atoms with E-state index in [9.17, 15) is 28.0 Å². The van der Waals surface area contributed by atoms with Gasteiger partial charge in [0.2, 0.25) is 5.91 Å². The number of aliphatic hydroxyl groups excluding tert-OH is 2. The van der Waals surface area contributed by atoms with Crippen molar-refractivity contribution < 1.29 is 28.0 Å². The van der Waals surface area contributed by atoms with E-state index in [1.165, 1.54) is 102 Å². The molecule has 8 heteroatoms. The summed E-state index contributed by atoms with van der Waals surface area (Å²) >= 11 is 0. The Labute approximate surface area is 271 Å². The van der Waals surface area contributed by atoms with Crippen LogP contribution in [0.2, 0.25) is 0 Å². The summed E-state index contributed by atoms with van der Waals surface area (Å²) in [5.41, 5.74) is 0. The molecular weight excluding hydrogens is 574 g/mol. The fraction of sp³-hybridized carbons (Fsp3) is 0.861. The number of carbonyl (C=O) groups is 1. The van der Waals surface area contributed by atoms with Crippen LogP contribution < -0.4 is 5.32 Å². The molecule has 0 saturated heterocycles. The fourth-order valence-corrected chi connectivity index (χ4v) is 6.12. The van der Waals surface area contributed by atoms with Crippen LogP contribution in [0.4, 0.5) is 0 Å². The molecule has 0 saturated carbocycles. The van der Waals surface area contributed by atoms with E-state index in [-0.39, 0.29) is 6.42 Å². The van der Waals surface area contributed by atoms with Gasteiger partial charge in [0.1, 0.15) is 6.10 Å². The lowest BCUT2D eigenvalue weighted by Crippen LogP contribution is -2.50. The molecule has 0 aliphatic rings. The second-order valence-electron chi connectivity index (χ2n) is 12.6. The van der Waals surface area contributed by atoms with Crippen molar-refractivity contribution in [3.8, 4) is 0 Å². The molecule has 1 amide bonds. The van der Waals surface area contributed by atoms with Crippen LogP contribution in [-0.4, -0.2) is 53.1 Å². The van der Waals surface area contributed by atoms with Crippen molar-refractivity contribution in [3.63, 3.8) is 0 Å². The molecule has 0 aromatic carbocycles. The molecule has 0 aliphatic carbocycles. The van der Waals surface area contributed by atoms with Gasteiger partial charge in [0.05, 0.1) is 17.9 Å². The summed E-state index contributed by atoms with van der Waals surface area (Å²) in [6.45, 7) is 4.36. The third kappa shape index (κ3) is 29.5. The van der Waals surface area contributed by atoms with Crippen molar-refractivity contribution in [2.45, 2.75) is 193 Å². The molecule has 0 bridgehead atoms. The highest BCUT2D eigenvalue weighted by atomic mass is 32.2. The van der Waals surface area contributed by atoms with Gasteiger partial charge in [-0.25, -0.2) is 0 Å². The van der Waals surface area contributed by atoms with Gasteiger partial charge in [-0.1, -0.05) is 154 Å². The Bertz CT molecular complexity index is 813. The average Bonchev–Trinajstić information content (AvgIpc) is 2.98. The van der Waals surface area contributed by atoms with E-state index in [1.54, 1.807) is 6.08 Å². The zero-order valence-electron chi connectivity index (χ0n) is 28.4. The second-order valence-corrected chi connectivity index (χ2v) is 14.1. The molecule has 0 fully saturated rings. The van der Waals surface area contributed by atoms with Crippen LogP contribution in [0.1, 0.15) is 174 Å². The first-order valence-electron chi connectivity index (χ1n) is 18.1. The standard InChI is InChI=1S/C36H69NO6S/c1-3-5-7-9-10-11-12-13-14-15-16-17-18-19-20-21-22-23-24-25-27-29-31-35(39)36(40)37-33(32-44(41,42)43)34(38)30-28-26-8-6-4-2/h19-20,28,30,33-35,38-39H,3-18,21-27,29,31-32H2,1-2H3,(H,37,40)(H,41,42,43)/b20-19-,30-28+. The number of amides is 1. The van der Waals surface area contributed by atoms with E-state index in [1.807, 2.05) is 0 Å². The van der Waals surface area contributed by atoms with Crippen molar-refractivity contribution in [1.29, 1.82) is 0 Å². The van der Waals surface area contributed by atoms with Gasteiger partial charge >= 0.3 is 0 Å². The number of hydrogen-bond acceptors (Lipinski definition) is 5. The molecule has 0 aromatic heterocycles. The number of unbranched alkanes of at least 4 members (excludes halogenated alkanes) is 21. The van der Waals surface area contributed by atoms with Gasteiger partial charge < -0.3 is 15.5 Å². The van der Waals surface area contributed by atoms with Crippen LogP contribution in [0.25, 0.3) is 0 Å². The first-order chi connectivity index (χ1) is 21.2. The minimum absolute atomic E-state index is 0.273. The Morgan fingerprint density at radius 1 is 0.614 bits per heavy atom. The molecule has 44 heavy (non-hydrogen) atoms. The molecule has 0 aromatic rings. The third-order valence-electron chi connectivity index (χ3n) is 8.23. The summed E-state index contributed by atoms with van der Waals surface area (Å²) < 4.78 is 32.0. The van der Waals surface area contributed by atoms with Gasteiger partial charge in [0.15, 0.2) is 0 Å². The van der Waals surface area contributed by atoms with Crippen molar-refractivity contribution in [3.05, 3.63) is 24.3 Å². The zero-order chi connectivity index (χ0) is 32.7. The van der Waals surface area contributed by atoms with Crippen molar-refractivity contribution >= 4 is 16.0 Å². The average molecular weight is 644 g/mol. The first kappa shape index (κ1) is 42.8. The van der Waals surface area contributed by atoms with E-state index >= 15 is 0 Å². The maximum absolute atomic E-state index is 12.4. The Balaban J connectivity index is 3.84. The summed E-state index contributed by atoms with van der Waals surface area (Å²) in [4.78, 5) is 12.4. The number of rotatable bonds is 32. The molecule has 0 spiro atoms. The highest BCUT2D eigenvalue weighted by Crippen LogP contribution is 2.14. The lowest BCUT2D eigenvalue weighted by atomic mass is 10.0. The maximum atomic E-state index is 12.4. The van der Waals surface area contributed by atoms with Crippen LogP contribution in [0, 0.1) is 0 Å². The number of hydrogen-bond donors (Lipinski definition) is 4. The Kier molecular flexibility index (Phi) is 29.6. The van der Waals surface area contributed by atoms with Gasteiger partial charge in [0, 0.05) is 0 Å². The molecule has 4 N–H and O–H groups in total. The van der Waals surface area contributed by atoms with E-state index in [2.05, 4.69) is 31.3 Å². The Morgan fingerprint density at radius 2 is 1.00 bits per heavy atom. The Morgan fingerprint density at radius 3 is 1.48 bits per heavy atom. The molecular formula is C36H69NO6S. The normalized spacial score (nSPS) is 14.4. The monoisotopic (exact) mass is 643 g/mol. The molecule has 0 radical (unpaired) electrons. The highest BCUT2D eigenvalue weighted by molar-refractivity contribution is 7.85. The van der Waals surface area contributed by atoms with Crippen LogP contribution in [0.3, 0.4) is 0 Å². The summed E-state index contributed by atoms with van der Waals surface area (Å²) in [5.74, 6) is -1.55. The lowest BCUT2D eigenvalue weighted by Gasteiger charge is -2.22. The van der Waals surface area contributed by atoms with E-state index in [0.717, 1.165) is 51.4 Å². The minimum atomic E-state index is -4.42. The molecule has 3 unspecified atom stereocenters. The van der Waals surface area contributed by atoms with E-state index < -0.39 is 40.0 Å². The second kappa shape index (κ2) is 30.4. The SMILES string of the molecule is CCCCC/C=C/C(O)C(CS(=O)(=O)O)NC(=O)C(O)CCCCCCCC/C=C\CCCCCCCCCCCCCC. The largest absolute Gasteiger partial charge is 0.387 e. The first-order valence-corrected chi connectivity index (χ1v) is 19.8. The molecule has 0 aliphatic heterocycles. The Hall–Kier alpha value is -1.22. The summed E-state index contributed by atoms with van der Waals surface area (Å²) in [7, 11) is -4.42. The number of aliphatic hydroxyl groups is 2. The molecule has 260 valence electrons. The highest BCUT2D eigenvalue weighted by Gasteiger charge is 2.27. The summed E-state index contributed by atoms with van der Waals surface area (Å²) in [5, 5.41) is 23.0. The lowest BCUT2D eigenvalue weighted by molar-refractivity contribution is -0.130. The predicted molar refractivity (Wildman–Crippen MR) is 185 cm³/mol. The van der Waals surface area contributed by atoms with E-state index in [4.69, 9.17) is 0 Å². The maximum Gasteiger partial charge on any atom is 0.267 e. The van der Waals surface area contributed by atoms with Crippen LogP contribution in [0.15, 0.2) is 24.3 Å². The van der Waals surface area contributed by atoms with Gasteiger partial charge in [-0.15, -0.1) is 0 Å². The van der Waals surface area contributed by atoms with Crippen LogP contribution in [-0.2, 0) is 14.9 Å². The van der Waals surface area contributed by atoms with Gasteiger partial charge in [0.25, 0.3) is 10.1 Å². The number of nitrogens with one attached hydrogen (secondary N) is 1. The molecule has 0 heterocycles. The predicted octanol–water partition coefficient (Wildman–Crippen LogP) is 8.99. The zero-order valence-corrected chi connectivity index (χ0v) is 29.2. The molecule has 0 rings (SSSR count).